The quantitative estimate of drug-likeness (QED) is 0.590. The standard InChI is InChI=1S/C10H16N2O3/c1-4-9(14)12-6-10(15)11-5-8(13)7(2)3/h4,7H,1,5-6H2,2-3H3,(H,11,15)(H,12,14). The Balaban J connectivity index is 3.71. The van der Waals surface area contributed by atoms with E-state index in [1.54, 1.807) is 13.8 Å². The molecule has 2 amide bonds. The van der Waals surface area contributed by atoms with Gasteiger partial charge in [0.25, 0.3) is 0 Å². The van der Waals surface area contributed by atoms with E-state index in [1.807, 2.05) is 0 Å². The molecule has 0 heterocycles. The zero-order valence-electron chi connectivity index (χ0n) is 9.00. The number of Topliss-reactive ketones (excluding diaryl/α,β-unsaturated/α-hetero) is 1. The number of nitrogens with one attached hydrogen (secondary N) is 2. The molecule has 0 aliphatic heterocycles. The van der Waals surface area contributed by atoms with E-state index in [-0.39, 0.29) is 30.7 Å². The molecule has 0 fully saturated rings. The minimum Gasteiger partial charge on any atom is -0.347 e. The van der Waals surface area contributed by atoms with Crippen molar-refractivity contribution >= 4 is 17.6 Å². The van der Waals surface area contributed by atoms with Crippen LogP contribution in [0, 0.1) is 5.92 Å². The number of amides is 2. The second kappa shape index (κ2) is 6.75. The van der Waals surface area contributed by atoms with E-state index in [0.29, 0.717) is 0 Å². The highest BCUT2D eigenvalue weighted by molar-refractivity contribution is 5.92. The van der Waals surface area contributed by atoms with Gasteiger partial charge in [-0.05, 0) is 6.08 Å². The van der Waals surface area contributed by atoms with Gasteiger partial charge in [0, 0.05) is 5.92 Å². The first-order valence-corrected chi connectivity index (χ1v) is 4.67. The summed E-state index contributed by atoms with van der Waals surface area (Å²) in [7, 11) is 0. The van der Waals surface area contributed by atoms with Crippen molar-refractivity contribution in [3.8, 4) is 0 Å². The first-order chi connectivity index (χ1) is 6.97. The zero-order chi connectivity index (χ0) is 11.8. The maximum absolute atomic E-state index is 11.1. The van der Waals surface area contributed by atoms with Crippen LogP contribution in [0.5, 0.6) is 0 Å². The number of rotatable bonds is 6. The van der Waals surface area contributed by atoms with E-state index in [4.69, 9.17) is 0 Å². The molecule has 0 saturated heterocycles. The van der Waals surface area contributed by atoms with Gasteiger partial charge in [-0.15, -0.1) is 0 Å². The van der Waals surface area contributed by atoms with Gasteiger partial charge in [-0.1, -0.05) is 20.4 Å². The van der Waals surface area contributed by atoms with E-state index in [0.717, 1.165) is 6.08 Å². The lowest BCUT2D eigenvalue weighted by atomic mass is 10.1. The molecule has 5 nitrogen and oxygen atoms in total. The van der Waals surface area contributed by atoms with E-state index < -0.39 is 5.91 Å². The molecule has 0 aromatic heterocycles. The molecule has 0 aliphatic rings. The van der Waals surface area contributed by atoms with Gasteiger partial charge in [0.1, 0.15) is 0 Å². The summed E-state index contributed by atoms with van der Waals surface area (Å²) in [4.78, 5) is 32.9. The maximum atomic E-state index is 11.1. The second-order valence-corrected chi connectivity index (χ2v) is 3.32. The Morgan fingerprint density at radius 2 is 1.80 bits per heavy atom. The molecule has 5 heteroatoms. The Bertz CT molecular complexity index is 272. The first kappa shape index (κ1) is 13.4. The van der Waals surface area contributed by atoms with E-state index in [2.05, 4.69) is 17.2 Å². The fraction of sp³-hybridized carbons (Fsp3) is 0.500. The Hall–Kier alpha value is -1.65. The normalized spacial score (nSPS) is 9.53. The fourth-order valence-electron chi connectivity index (χ4n) is 0.692. The summed E-state index contributed by atoms with van der Waals surface area (Å²) in [5.74, 6) is -0.953. The lowest BCUT2D eigenvalue weighted by Crippen LogP contribution is -2.39. The van der Waals surface area contributed by atoms with Gasteiger partial charge >= 0.3 is 0 Å². The Kier molecular flexibility index (Phi) is 6.01. The Morgan fingerprint density at radius 1 is 1.20 bits per heavy atom. The molecule has 0 unspecified atom stereocenters. The highest BCUT2D eigenvalue weighted by atomic mass is 16.2. The summed E-state index contributed by atoms with van der Waals surface area (Å²) in [6.07, 6.45) is 1.08. The average Bonchev–Trinajstić information content (AvgIpc) is 2.21. The largest absolute Gasteiger partial charge is 0.347 e. The van der Waals surface area contributed by atoms with Crippen LogP contribution < -0.4 is 10.6 Å². The lowest BCUT2D eigenvalue weighted by molar-refractivity contribution is -0.127. The summed E-state index contributed by atoms with van der Waals surface area (Å²) in [6, 6.07) is 0. The molecule has 0 aromatic rings. The van der Waals surface area contributed by atoms with Crippen LogP contribution in [0.2, 0.25) is 0 Å². The second-order valence-electron chi connectivity index (χ2n) is 3.32. The van der Waals surface area contributed by atoms with Gasteiger partial charge in [-0.3, -0.25) is 14.4 Å². The predicted molar refractivity (Wildman–Crippen MR) is 56.1 cm³/mol. The molecular formula is C10H16N2O3. The molecule has 84 valence electrons. The SMILES string of the molecule is C=CC(=O)NCC(=O)NCC(=O)C(C)C. The van der Waals surface area contributed by atoms with E-state index in [1.165, 1.54) is 0 Å². The van der Waals surface area contributed by atoms with Crippen LogP contribution in [0.3, 0.4) is 0 Å². The minimum atomic E-state index is -0.416. The van der Waals surface area contributed by atoms with Crippen molar-refractivity contribution in [1.82, 2.24) is 10.6 Å². The number of carbonyl (C=O) groups is 3. The Labute approximate surface area is 88.9 Å². The summed E-state index contributed by atoms with van der Waals surface area (Å²) >= 11 is 0. The van der Waals surface area contributed by atoms with Crippen LogP contribution in [0.25, 0.3) is 0 Å². The third-order valence-corrected chi connectivity index (χ3v) is 1.71. The van der Waals surface area contributed by atoms with Gasteiger partial charge in [-0.25, -0.2) is 0 Å². The molecule has 2 N–H and O–H groups in total. The number of carbonyl (C=O) groups excluding carboxylic acids is 3. The van der Waals surface area contributed by atoms with Crippen LogP contribution >= 0.6 is 0 Å². The molecule has 0 saturated carbocycles. The molecule has 0 aromatic carbocycles. The third kappa shape index (κ3) is 6.42. The molecule has 15 heavy (non-hydrogen) atoms. The van der Waals surface area contributed by atoms with Crippen molar-refractivity contribution in [2.24, 2.45) is 5.92 Å². The lowest BCUT2D eigenvalue weighted by Gasteiger charge is -2.06. The maximum Gasteiger partial charge on any atom is 0.243 e. The smallest absolute Gasteiger partial charge is 0.243 e. The number of hydrogen-bond donors (Lipinski definition) is 2. The highest BCUT2D eigenvalue weighted by Crippen LogP contribution is 1.91. The number of ketones is 1. The van der Waals surface area contributed by atoms with Crippen LogP contribution in [-0.4, -0.2) is 30.7 Å². The monoisotopic (exact) mass is 212 g/mol. The summed E-state index contributed by atoms with van der Waals surface area (Å²) in [6.45, 7) is 6.61. The number of hydrogen-bond acceptors (Lipinski definition) is 3. The molecule has 0 spiro atoms. The van der Waals surface area contributed by atoms with Crippen molar-refractivity contribution in [3.05, 3.63) is 12.7 Å². The zero-order valence-corrected chi connectivity index (χ0v) is 9.00. The summed E-state index contributed by atoms with van der Waals surface area (Å²) < 4.78 is 0. The fourth-order valence-corrected chi connectivity index (χ4v) is 0.692. The highest BCUT2D eigenvalue weighted by Gasteiger charge is 2.09. The van der Waals surface area contributed by atoms with Crippen LogP contribution in [0.15, 0.2) is 12.7 Å². The molecule has 0 radical (unpaired) electrons. The van der Waals surface area contributed by atoms with Gasteiger partial charge in [0.05, 0.1) is 13.1 Å². The summed E-state index contributed by atoms with van der Waals surface area (Å²) in [5, 5.41) is 4.71. The average molecular weight is 212 g/mol. The molecular weight excluding hydrogens is 196 g/mol. The Morgan fingerprint density at radius 3 is 2.27 bits per heavy atom. The summed E-state index contributed by atoms with van der Waals surface area (Å²) in [5.41, 5.74) is 0. The minimum absolute atomic E-state index is 0.000456. The van der Waals surface area contributed by atoms with Gasteiger partial charge in [0.2, 0.25) is 11.8 Å². The van der Waals surface area contributed by atoms with Crippen molar-refractivity contribution in [2.45, 2.75) is 13.8 Å². The predicted octanol–water partition coefficient (Wildman–Crippen LogP) is -0.370. The topological polar surface area (TPSA) is 75.3 Å². The van der Waals surface area contributed by atoms with Crippen LogP contribution in [-0.2, 0) is 14.4 Å². The van der Waals surface area contributed by atoms with Gasteiger partial charge < -0.3 is 10.6 Å². The molecule has 0 rings (SSSR count). The van der Waals surface area contributed by atoms with E-state index >= 15 is 0 Å². The van der Waals surface area contributed by atoms with Crippen molar-refractivity contribution in [2.75, 3.05) is 13.1 Å². The van der Waals surface area contributed by atoms with Crippen LogP contribution in [0.4, 0.5) is 0 Å². The van der Waals surface area contributed by atoms with Crippen LogP contribution in [0.1, 0.15) is 13.8 Å². The molecule has 0 aliphatic carbocycles. The third-order valence-electron chi connectivity index (χ3n) is 1.71. The van der Waals surface area contributed by atoms with Gasteiger partial charge in [-0.2, -0.15) is 0 Å². The molecule has 0 atom stereocenters. The first-order valence-electron chi connectivity index (χ1n) is 4.67. The van der Waals surface area contributed by atoms with Crippen molar-refractivity contribution < 1.29 is 14.4 Å². The van der Waals surface area contributed by atoms with Gasteiger partial charge in [0.15, 0.2) is 5.78 Å². The van der Waals surface area contributed by atoms with E-state index in [9.17, 15) is 14.4 Å². The molecule has 0 bridgehead atoms. The van der Waals surface area contributed by atoms with Crippen molar-refractivity contribution in [1.29, 1.82) is 0 Å². The van der Waals surface area contributed by atoms with Crippen molar-refractivity contribution in [3.63, 3.8) is 0 Å².